The zero-order valence-corrected chi connectivity index (χ0v) is 13.5. The molecule has 2 N–H and O–H groups in total. The van der Waals surface area contributed by atoms with E-state index in [2.05, 4.69) is 11.6 Å². The quantitative estimate of drug-likeness (QED) is 0.649. The predicted molar refractivity (Wildman–Crippen MR) is 82.6 cm³/mol. The van der Waals surface area contributed by atoms with E-state index < -0.39 is 16.1 Å². The molecule has 1 unspecified atom stereocenters. The third kappa shape index (κ3) is 6.56. The molecule has 1 rings (SSSR count). The third-order valence-corrected chi connectivity index (χ3v) is 4.55. The van der Waals surface area contributed by atoms with Gasteiger partial charge in [0.2, 0.25) is 10.0 Å². The number of aliphatic hydroxyl groups excluding tert-OH is 1. The average molecular weight is 315 g/mol. The summed E-state index contributed by atoms with van der Waals surface area (Å²) in [5.41, 5.74) is 0.693. The van der Waals surface area contributed by atoms with Gasteiger partial charge in [-0.05, 0) is 37.5 Å². The highest BCUT2D eigenvalue weighted by atomic mass is 32.2. The van der Waals surface area contributed by atoms with Crippen molar-refractivity contribution in [3.63, 3.8) is 0 Å². The van der Waals surface area contributed by atoms with Crippen LogP contribution >= 0.6 is 0 Å². The van der Waals surface area contributed by atoms with Crippen LogP contribution in [0.4, 0.5) is 0 Å². The van der Waals surface area contributed by atoms with E-state index in [4.69, 9.17) is 4.74 Å². The number of nitrogens with one attached hydrogen (secondary N) is 1. The Labute approximate surface area is 127 Å². The summed E-state index contributed by atoms with van der Waals surface area (Å²) < 4.78 is 32.0. The molecule has 0 radical (unpaired) electrons. The minimum Gasteiger partial charge on any atom is -0.389 e. The molecule has 5 nitrogen and oxygen atoms in total. The number of hydrogen-bond donors (Lipinski definition) is 2. The van der Waals surface area contributed by atoms with Gasteiger partial charge in [-0.1, -0.05) is 25.5 Å². The predicted octanol–water partition coefficient (Wildman–Crippen LogP) is 2.23. The minimum absolute atomic E-state index is 0.207. The van der Waals surface area contributed by atoms with E-state index in [0.29, 0.717) is 25.1 Å². The second-order valence-corrected chi connectivity index (χ2v) is 6.73. The van der Waals surface area contributed by atoms with Crippen molar-refractivity contribution in [1.82, 2.24) is 4.72 Å². The number of benzene rings is 1. The first-order chi connectivity index (χ1) is 9.97. The Morgan fingerprint density at radius 2 is 1.81 bits per heavy atom. The molecule has 6 heteroatoms. The molecular formula is C15H25NO4S. The van der Waals surface area contributed by atoms with Gasteiger partial charge in [0, 0.05) is 19.8 Å². The summed E-state index contributed by atoms with van der Waals surface area (Å²) in [6.45, 7) is 5.38. The monoisotopic (exact) mass is 315 g/mol. The second-order valence-electron chi connectivity index (χ2n) is 4.96. The zero-order chi connectivity index (χ0) is 15.7. The van der Waals surface area contributed by atoms with Gasteiger partial charge in [0.15, 0.2) is 0 Å². The molecule has 0 spiro atoms. The third-order valence-electron chi connectivity index (χ3n) is 3.07. The Morgan fingerprint density at radius 3 is 2.38 bits per heavy atom. The van der Waals surface area contributed by atoms with E-state index in [1.807, 2.05) is 0 Å². The lowest BCUT2D eigenvalue weighted by Crippen LogP contribution is -2.25. The van der Waals surface area contributed by atoms with E-state index >= 15 is 0 Å². The fourth-order valence-corrected chi connectivity index (χ4v) is 2.81. The molecule has 120 valence electrons. The summed E-state index contributed by atoms with van der Waals surface area (Å²) in [5, 5.41) is 9.40. The fraction of sp³-hybridized carbons (Fsp3) is 0.600. The second kappa shape index (κ2) is 9.15. The Bertz CT molecular complexity index is 497. The zero-order valence-electron chi connectivity index (χ0n) is 12.7. The first kappa shape index (κ1) is 18.1. The topological polar surface area (TPSA) is 75.6 Å². The van der Waals surface area contributed by atoms with Crippen molar-refractivity contribution >= 4 is 10.0 Å². The van der Waals surface area contributed by atoms with Crippen LogP contribution in [0, 0.1) is 0 Å². The summed E-state index contributed by atoms with van der Waals surface area (Å²) in [5.74, 6) is 0. The van der Waals surface area contributed by atoms with E-state index in [9.17, 15) is 13.5 Å². The van der Waals surface area contributed by atoms with Crippen LogP contribution in [0.5, 0.6) is 0 Å². The lowest BCUT2D eigenvalue weighted by atomic mass is 10.1. The molecule has 0 fully saturated rings. The van der Waals surface area contributed by atoms with Gasteiger partial charge in [-0.2, -0.15) is 0 Å². The Hall–Kier alpha value is -0.950. The van der Waals surface area contributed by atoms with Crippen LogP contribution in [0.3, 0.4) is 0 Å². The molecule has 1 aromatic carbocycles. The first-order valence-corrected chi connectivity index (χ1v) is 8.81. The van der Waals surface area contributed by atoms with Crippen molar-refractivity contribution in [3.8, 4) is 0 Å². The average Bonchev–Trinajstić information content (AvgIpc) is 2.46. The van der Waals surface area contributed by atoms with Crippen molar-refractivity contribution < 1.29 is 18.3 Å². The number of rotatable bonds is 10. The molecule has 0 aliphatic heterocycles. The van der Waals surface area contributed by atoms with Gasteiger partial charge in [-0.3, -0.25) is 0 Å². The van der Waals surface area contributed by atoms with Gasteiger partial charge in [0.25, 0.3) is 0 Å². The number of hydrogen-bond acceptors (Lipinski definition) is 4. The van der Waals surface area contributed by atoms with Crippen LogP contribution in [0.1, 0.15) is 44.8 Å². The highest BCUT2D eigenvalue weighted by molar-refractivity contribution is 7.89. The van der Waals surface area contributed by atoms with Gasteiger partial charge in [-0.15, -0.1) is 0 Å². The normalized spacial score (nSPS) is 13.3. The van der Waals surface area contributed by atoms with E-state index in [1.165, 1.54) is 12.1 Å². The largest absolute Gasteiger partial charge is 0.389 e. The Morgan fingerprint density at radius 1 is 1.19 bits per heavy atom. The van der Waals surface area contributed by atoms with Crippen LogP contribution in [-0.2, 0) is 14.8 Å². The molecule has 0 saturated heterocycles. The minimum atomic E-state index is -3.49. The SMILES string of the molecule is CCCCOCCCNS(=O)(=O)c1ccc(C(C)O)cc1. The lowest BCUT2D eigenvalue weighted by Gasteiger charge is -2.09. The van der Waals surface area contributed by atoms with Crippen LogP contribution in [0.25, 0.3) is 0 Å². The Kier molecular flexibility index (Phi) is 7.88. The molecule has 0 heterocycles. The first-order valence-electron chi connectivity index (χ1n) is 7.33. The van der Waals surface area contributed by atoms with Crippen LogP contribution < -0.4 is 4.72 Å². The summed E-state index contributed by atoms with van der Waals surface area (Å²) in [6, 6.07) is 6.24. The van der Waals surface area contributed by atoms with Crippen molar-refractivity contribution in [3.05, 3.63) is 29.8 Å². The standard InChI is InChI=1S/C15H25NO4S/c1-3-4-11-20-12-5-10-16-21(18,19)15-8-6-14(7-9-15)13(2)17/h6-9,13,16-17H,3-5,10-12H2,1-2H3. The van der Waals surface area contributed by atoms with Gasteiger partial charge in [-0.25, -0.2) is 13.1 Å². The van der Waals surface area contributed by atoms with Crippen molar-refractivity contribution in [1.29, 1.82) is 0 Å². The molecule has 0 saturated carbocycles. The van der Waals surface area contributed by atoms with E-state index in [1.54, 1.807) is 19.1 Å². The molecule has 0 bridgehead atoms. The summed E-state index contributed by atoms with van der Waals surface area (Å²) in [4.78, 5) is 0.207. The smallest absolute Gasteiger partial charge is 0.240 e. The highest BCUT2D eigenvalue weighted by Crippen LogP contribution is 2.15. The maximum Gasteiger partial charge on any atom is 0.240 e. The van der Waals surface area contributed by atoms with Gasteiger partial charge in [0.05, 0.1) is 11.0 Å². The van der Waals surface area contributed by atoms with E-state index in [-0.39, 0.29) is 4.90 Å². The summed E-state index contributed by atoms with van der Waals surface area (Å²) >= 11 is 0. The molecule has 1 aromatic rings. The molecule has 21 heavy (non-hydrogen) atoms. The van der Waals surface area contributed by atoms with Crippen molar-refractivity contribution in [2.45, 2.75) is 44.1 Å². The fourth-order valence-electron chi connectivity index (χ4n) is 1.74. The number of ether oxygens (including phenoxy) is 1. The van der Waals surface area contributed by atoms with Crippen molar-refractivity contribution in [2.24, 2.45) is 0 Å². The summed E-state index contributed by atoms with van der Waals surface area (Å²) in [6.07, 6.45) is 2.17. The molecule has 0 aromatic heterocycles. The number of sulfonamides is 1. The Balaban J connectivity index is 2.39. The van der Waals surface area contributed by atoms with Crippen LogP contribution in [0.15, 0.2) is 29.2 Å². The molecule has 1 atom stereocenters. The molecule has 0 aliphatic carbocycles. The number of aliphatic hydroxyl groups is 1. The van der Waals surface area contributed by atoms with Crippen LogP contribution in [-0.4, -0.2) is 33.3 Å². The van der Waals surface area contributed by atoms with Gasteiger partial charge >= 0.3 is 0 Å². The van der Waals surface area contributed by atoms with Gasteiger partial charge < -0.3 is 9.84 Å². The van der Waals surface area contributed by atoms with Gasteiger partial charge in [0.1, 0.15) is 0 Å². The maximum atomic E-state index is 12.0. The maximum absolute atomic E-state index is 12.0. The number of unbranched alkanes of at least 4 members (excludes halogenated alkanes) is 1. The highest BCUT2D eigenvalue weighted by Gasteiger charge is 2.13. The van der Waals surface area contributed by atoms with E-state index in [0.717, 1.165) is 19.4 Å². The van der Waals surface area contributed by atoms with Crippen molar-refractivity contribution in [2.75, 3.05) is 19.8 Å². The lowest BCUT2D eigenvalue weighted by molar-refractivity contribution is 0.130. The molecule has 0 amide bonds. The molecular weight excluding hydrogens is 290 g/mol. The summed E-state index contributed by atoms with van der Waals surface area (Å²) in [7, 11) is -3.49. The molecule has 0 aliphatic rings. The van der Waals surface area contributed by atoms with Crippen LogP contribution in [0.2, 0.25) is 0 Å².